The van der Waals surface area contributed by atoms with Gasteiger partial charge in [0.15, 0.2) is 5.76 Å². The Kier molecular flexibility index (Phi) is 4.37. The number of furan rings is 1. The van der Waals surface area contributed by atoms with E-state index in [1.54, 1.807) is 18.4 Å². The van der Waals surface area contributed by atoms with Gasteiger partial charge in [-0.15, -0.1) is 0 Å². The highest BCUT2D eigenvalue weighted by Crippen LogP contribution is 2.38. The molecule has 0 radical (unpaired) electrons. The maximum atomic E-state index is 12.4. The van der Waals surface area contributed by atoms with Crippen LogP contribution < -0.4 is 0 Å². The summed E-state index contributed by atoms with van der Waals surface area (Å²) in [5.74, 6) is 0.442. The number of likely N-dealkylation sites (N-methyl/N-ethyl adjacent to an activating group) is 1. The molecule has 3 aliphatic heterocycles. The fourth-order valence-electron chi connectivity index (χ4n) is 4.26. The van der Waals surface area contributed by atoms with Gasteiger partial charge in [0, 0.05) is 45.3 Å². The van der Waals surface area contributed by atoms with E-state index in [0.717, 1.165) is 65.1 Å². The number of piperazine rings is 1. The molecule has 1 amide bonds. The zero-order chi connectivity index (χ0) is 16.6. The van der Waals surface area contributed by atoms with Gasteiger partial charge >= 0.3 is 0 Å². The minimum Gasteiger partial charge on any atom is -0.459 e. The fourth-order valence-corrected chi connectivity index (χ4v) is 4.26. The molecule has 6 heteroatoms. The minimum absolute atomic E-state index is 0.00321. The molecule has 1 atom stereocenters. The molecule has 3 aliphatic rings. The van der Waals surface area contributed by atoms with Gasteiger partial charge in [-0.25, -0.2) is 0 Å². The molecule has 4 rings (SSSR count). The van der Waals surface area contributed by atoms with Crippen molar-refractivity contribution in [3.63, 3.8) is 0 Å². The molecule has 1 aromatic heterocycles. The summed E-state index contributed by atoms with van der Waals surface area (Å²) in [6.07, 6.45) is 4.53. The van der Waals surface area contributed by atoms with Crippen LogP contribution in [0.3, 0.4) is 0 Å². The van der Waals surface area contributed by atoms with Gasteiger partial charge in [-0.3, -0.25) is 9.69 Å². The molecule has 3 fully saturated rings. The maximum absolute atomic E-state index is 12.4. The van der Waals surface area contributed by atoms with Gasteiger partial charge in [0.1, 0.15) is 0 Å². The molecule has 24 heavy (non-hydrogen) atoms. The van der Waals surface area contributed by atoms with Crippen molar-refractivity contribution in [3.8, 4) is 0 Å². The second kappa shape index (κ2) is 6.50. The van der Waals surface area contributed by atoms with Crippen molar-refractivity contribution in [2.24, 2.45) is 0 Å². The Hall–Kier alpha value is -1.37. The van der Waals surface area contributed by atoms with E-state index in [4.69, 9.17) is 9.15 Å². The number of ether oxygens (including phenoxy) is 1. The van der Waals surface area contributed by atoms with E-state index in [1.165, 1.54) is 0 Å². The van der Waals surface area contributed by atoms with E-state index in [-0.39, 0.29) is 11.5 Å². The quantitative estimate of drug-likeness (QED) is 0.816. The Balaban J connectivity index is 1.32. The molecule has 0 bridgehead atoms. The van der Waals surface area contributed by atoms with Gasteiger partial charge in [-0.05, 0) is 38.4 Å². The Bertz CT molecular complexity index is 558. The van der Waals surface area contributed by atoms with Crippen LogP contribution in [0.1, 0.15) is 29.8 Å². The van der Waals surface area contributed by atoms with E-state index in [2.05, 4.69) is 16.8 Å². The summed E-state index contributed by atoms with van der Waals surface area (Å²) in [5.41, 5.74) is -0.0199. The minimum atomic E-state index is -0.0199. The number of nitrogens with zero attached hydrogens (tertiary/aromatic N) is 3. The van der Waals surface area contributed by atoms with Gasteiger partial charge in [-0.1, -0.05) is 0 Å². The van der Waals surface area contributed by atoms with Crippen LogP contribution in [0.4, 0.5) is 0 Å². The number of carbonyl (C=O) groups excluding carboxylic acids is 1. The van der Waals surface area contributed by atoms with Crippen LogP contribution >= 0.6 is 0 Å². The van der Waals surface area contributed by atoms with Crippen molar-refractivity contribution in [3.05, 3.63) is 24.2 Å². The van der Waals surface area contributed by atoms with Crippen molar-refractivity contribution in [2.75, 3.05) is 52.9 Å². The van der Waals surface area contributed by atoms with Gasteiger partial charge in [0.05, 0.1) is 18.5 Å². The summed E-state index contributed by atoms with van der Waals surface area (Å²) in [5, 5.41) is 0. The molecule has 0 aliphatic carbocycles. The smallest absolute Gasteiger partial charge is 0.289 e. The fraction of sp³-hybridized carbons (Fsp3) is 0.722. The first kappa shape index (κ1) is 16.1. The Morgan fingerprint density at radius 2 is 1.92 bits per heavy atom. The highest BCUT2D eigenvalue weighted by molar-refractivity contribution is 5.91. The SMILES string of the molecule is CN1CCN([C@@H]2COC3(CCN(C(=O)c4ccco4)CC3)C2)CC1. The third kappa shape index (κ3) is 3.10. The summed E-state index contributed by atoms with van der Waals surface area (Å²) in [7, 11) is 2.19. The summed E-state index contributed by atoms with van der Waals surface area (Å²) in [6.45, 7) is 6.94. The van der Waals surface area contributed by atoms with Crippen molar-refractivity contribution in [1.82, 2.24) is 14.7 Å². The topological polar surface area (TPSA) is 49.2 Å². The lowest BCUT2D eigenvalue weighted by Gasteiger charge is -2.39. The zero-order valence-electron chi connectivity index (χ0n) is 14.4. The number of hydrogen-bond donors (Lipinski definition) is 0. The summed E-state index contributed by atoms with van der Waals surface area (Å²) < 4.78 is 11.5. The molecule has 0 N–H and O–H groups in total. The summed E-state index contributed by atoms with van der Waals surface area (Å²) in [6, 6.07) is 4.05. The van der Waals surface area contributed by atoms with Crippen LogP contribution in [0.5, 0.6) is 0 Å². The number of rotatable bonds is 2. The number of piperidine rings is 1. The molecular formula is C18H27N3O3. The van der Waals surface area contributed by atoms with Gasteiger partial charge in [-0.2, -0.15) is 0 Å². The molecule has 6 nitrogen and oxygen atoms in total. The van der Waals surface area contributed by atoms with Crippen LogP contribution in [0.25, 0.3) is 0 Å². The maximum Gasteiger partial charge on any atom is 0.289 e. The van der Waals surface area contributed by atoms with E-state index in [1.807, 2.05) is 4.90 Å². The highest BCUT2D eigenvalue weighted by Gasteiger charge is 2.45. The molecule has 0 unspecified atom stereocenters. The lowest BCUT2D eigenvalue weighted by molar-refractivity contribution is -0.0399. The number of carbonyl (C=O) groups is 1. The third-order valence-electron chi connectivity index (χ3n) is 5.94. The molecule has 0 saturated carbocycles. The standard InChI is InChI=1S/C18H27N3O3/c1-19-8-10-20(11-9-19)15-13-18(24-14-15)4-6-21(7-5-18)17(22)16-3-2-12-23-16/h2-3,12,15H,4-11,13-14H2,1H3/t15-/m0/s1. The van der Waals surface area contributed by atoms with Gasteiger partial charge in [0.2, 0.25) is 0 Å². The molecular weight excluding hydrogens is 306 g/mol. The van der Waals surface area contributed by atoms with Crippen molar-refractivity contribution in [2.45, 2.75) is 30.9 Å². The van der Waals surface area contributed by atoms with Crippen molar-refractivity contribution >= 4 is 5.91 Å². The largest absolute Gasteiger partial charge is 0.459 e. The van der Waals surface area contributed by atoms with E-state index in [9.17, 15) is 4.79 Å². The first-order valence-electron chi connectivity index (χ1n) is 9.05. The molecule has 1 aromatic rings. The Morgan fingerprint density at radius 3 is 2.58 bits per heavy atom. The van der Waals surface area contributed by atoms with Gasteiger partial charge < -0.3 is 19.0 Å². The number of likely N-dealkylation sites (tertiary alicyclic amines) is 1. The normalized spacial score (nSPS) is 28.5. The van der Waals surface area contributed by atoms with E-state index < -0.39 is 0 Å². The lowest BCUT2D eigenvalue weighted by atomic mass is 9.87. The predicted molar refractivity (Wildman–Crippen MR) is 90.0 cm³/mol. The molecule has 1 spiro atoms. The van der Waals surface area contributed by atoms with Crippen molar-refractivity contribution < 1.29 is 13.9 Å². The van der Waals surface area contributed by atoms with Crippen LogP contribution in [0.15, 0.2) is 22.8 Å². The molecule has 4 heterocycles. The lowest BCUT2D eigenvalue weighted by Crippen LogP contribution is -2.50. The van der Waals surface area contributed by atoms with E-state index >= 15 is 0 Å². The monoisotopic (exact) mass is 333 g/mol. The molecule has 132 valence electrons. The third-order valence-corrected chi connectivity index (χ3v) is 5.94. The highest BCUT2D eigenvalue weighted by atomic mass is 16.5. The molecule has 0 aromatic carbocycles. The predicted octanol–water partition coefficient (Wildman–Crippen LogP) is 1.29. The first-order valence-corrected chi connectivity index (χ1v) is 9.05. The van der Waals surface area contributed by atoms with Crippen LogP contribution in [-0.2, 0) is 4.74 Å². The van der Waals surface area contributed by atoms with Crippen LogP contribution in [0.2, 0.25) is 0 Å². The van der Waals surface area contributed by atoms with Gasteiger partial charge in [0.25, 0.3) is 5.91 Å². The number of amides is 1. The number of hydrogen-bond acceptors (Lipinski definition) is 5. The second-order valence-corrected chi connectivity index (χ2v) is 7.46. The van der Waals surface area contributed by atoms with Crippen molar-refractivity contribution in [1.29, 1.82) is 0 Å². The van der Waals surface area contributed by atoms with Crippen LogP contribution in [0, 0.1) is 0 Å². The van der Waals surface area contributed by atoms with Crippen LogP contribution in [-0.4, -0.2) is 85.2 Å². The van der Waals surface area contributed by atoms with E-state index in [0.29, 0.717) is 11.8 Å². The summed E-state index contributed by atoms with van der Waals surface area (Å²) in [4.78, 5) is 19.3. The zero-order valence-corrected chi connectivity index (χ0v) is 14.4. The Labute approximate surface area is 143 Å². The average Bonchev–Trinajstić information content (AvgIpc) is 3.26. The molecule has 3 saturated heterocycles. The Morgan fingerprint density at radius 1 is 1.17 bits per heavy atom. The first-order chi connectivity index (χ1) is 11.7. The average molecular weight is 333 g/mol. The summed E-state index contributed by atoms with van der Waals surface area (Å²) >= 11 is 0. The second-order valence-electron chi connectivity index (χ2n) is 7.46.